The molecule has 26 heavy (non-hydrogen) atoms. The van der Waals surface area contributed by atoms with Gasteiger partial charge in [0.2, 0.25) is 5.91 Å². The Bertz CT molecular complexity index is 613. The lowest BCUT2D eigenvalue weighted by Gasteiger charge is -2.28. The van der Waals surface area contributed by atoms with E-state index in [-0.39, 0.29) is 37.9 Å². The van der Waals surface area contributed by atoms with Gasteiger partial charge in [-0.05, 0) is 45.1 Å². The van der Waals surface area contributed by atoms with E-state index in [4.69, 9.17) is 19.3 Å². The van der Waals surface area contributed by atoms with Gasteiger partial charge in [0.15, 0.2) is 0 Å². The van der Waals surface area contributed by atoms with Crippen molar-refractivity contribution in [1.29, 1.82) is 0 Å². The third-order valence-corrected chi connectivity index (χ3v) is 6.60. The molecule has 0 aromatic rings. The second-order valence-corrected chi connectivity index (χ2v) is 8.35. The van der Waals surface area contributed by atoms with Crippen LogP contribution >= 0.6 is 7.60 Å². The van der Waals surface area contributed by atoms with Gasteiger partial charge in [-0.2, -0.15) is 0 Å². The van der Waals surface area contributed by atoms with Crippen molar-refractivity contribution in [2.24, 2.45) is 5.11 Å². The van der Waals surface area contributed by atoms with E-state index in [1.807, 2.05) is 0 Å². The summed E-state index contributed by atoms with van der Waals surface area (Å²) in [5, 5.41) is 3.51. The van der Waals surface area contributed by atoms with E-state index < -0.39 is 25.6 Å². The minimum absolute atomic E-state index is 0.0403. The Hall–Kier alpha value is -1.60. The highest BCUT2D eigenvalue weighted by atomic mass is 31.2. The van der Waals surface area contributed by atoms with Crippen molar-refractivity contribution in [3.8, 4) is 0 Å². The van der Waals surface area contributed by atoms with Gasteiger partial charge in [0.1, 0.15) is 12.1 Å². The molecule has 10 nitrogen and oxygen atoms in total. The van der Waals surface area contributed by atoms with Gasteiger partial charge < -0.3 is 13.8 Å². The molecule has 2 rings (SSSR count). The van der Waals surface area contributed by atoms with Crippen LogP contribution in [0.5, 0.6) is 0 Å². The lowest BCUT2D eigenvalue weighted by atomic mass is 9.92. The molecule has 1 saturated heterocycles. The van der Waals surface area contributed by atoms with Gasteiger partial charge >= 0.3 is 13.7 Å². The second kappa shape index (κ2) is 9.37. The van der Waals surface area contributed by atoms with Gasteiger partial charge in [-0.3, -0.25) is 9.36 Å². The summed E-state index contributed by atoms with van der Waals surface area (Å²) in [6.45, 7) is 3.76. The highest BCUT2D eigenvalue weighted by Crippen LogP contribution is 2.49. The Morgan fingerprint density at radius 2 is 2.04 bits per heavy atom. The zero-order valence-corrected chi connectivity index (χ0v) is 16.0. The van der Waals surface area contributed by atoms with E-state index in [1.54, 1.807) is 13.8 Å². The average Bonchev–Trinajstić information content (AvgIpc) is 2.94. The highest BCUT2D eigenvalue weighted by Gasteiger charge is 2.47. The summed E-state index contributed by atoms with van der Waals surface area (Å²) >= 11 is 0. The van der Waals surface area contributed by atoms with Crippen LogP contribution in [0, 0.1) is 0 Å². The number of nitrogens with zero attached hydrogens (tertiary/aromatic N) is 4. The maximum absolute atomic E-state index is 12.8. The Morgan fingerprint density at radius 3 is 2.65 bits per heavy atom. The fourth-order valence-electron chi connectivity index (χ4n) is 3.38. The van der Waals surface area contributed by atoms with Crippen LogP contribution in [0.1, 0.15) is 46.0 Å². The van der Waals surface area contributed by atoms with Crippen LogP contribution in [0.25, 0.3) is 10.4 Å². The number of azide groups is 1. The normalized spacial score (nSPS) is 23.8. The van der Waals surface area contributed by atoms with Gasteiger partial charge in [-0.25, -0.2) is 9.69 Å². The first-order valence-electron chi connectivity index (χ1n) is 8.91. The molecule has 1 aliphatic carbocycles. The zero-order chi connectivity index (χ0) is 19.2. The Balaban J connectivity index is 2.10. The maximum atomic E-state index is 12.8. The summed E-state index contributed by atoms with van der Waals surface area (Å²) in [5.74, 6) is -0.623. The number of carbonyl (C=O) groups is 2. The largest absolute Gasteiger partial charge is 0.444 e. The number of amides is 2. The van der Waals surface area contributed by atoms with Crippen LogP contribution < -0.4 is 0 Å². The third kappa shape index (κ3) is 4.76. The monoisotopic (exact) mass is 388 g/mol. The number of rotatable bonds is 9. The smallest absolute Gasteiger partial charge is 0.417 e. The zero-order valence-electron chi connectivity index (χ0n) is 15.1. The number of ether oxygens (including phenoxy) is 1. The average molecular weight is 388 g/mol. The Labute approximate surface area is 152 Å². The fourth-order valence-corrected chi connectivity index (χ4v) is 5.06. The van der Waals surface area contributed by atoms with Crippen molar-refractivity contribution in [2.75, 3.05) is 19.4 Å². The predicted octanol–water partition coefficient (Wildman–Crippen LogP) is 3.61. The topological polar surface area (TPSA) is 131 Å². The summed E-state index contributed by atoms with van der Waals surface area (Å²) < 4.78 is 28.2. The molecule has 0 aromatic heterocycles. The number of hydrogen-bond acceptors (Lipinski definition) is 7. The Kier molecular flexibility index (Phi) is 7.46. The van der Waals surface area contributed by atoms with Crippen LogP contribution in [0.4, 0.5) is 4.79 Å². The fraction of sp³-hybridized carbons (Fsp3) is 0.867. The molecule has 0 aromatic carbocycles. The minimum atomic E-state index is -3.38. The van der Waals surface area contributed by atoms with Crippen LogP contribution in [0.2, 0.25) is 0 Å². The van der Waals surface area contributed by atoms with E-state index in [9.17, 15) is 14.2 Å². The molecule has 11 heteroatoms. The molecule has 0 spiro atoms. The lowest BCUT2D eigenvalue weighted by molar-refractivity contribution is -0.131. The van der Waals surface area contributed by atoms with E-state index in [2.05, 4.69) is 10.0 Å². The van der Waals surface area contributed by atoms with E-state index in [0.29, 0.717) is 6.42 Å². The van der Waals surface area contributed by atoms with Crippen LogP contribution in [0.3, 0.4) is 0 Å². The molecule has 0 bridgehead atoms. The molecular formula is C15H25N4O6P. The lowest BCUT2D eigenvalue weighted by Crippen LogP contribution is -2.46. The first-order valence-corrected chi connectivity index (χ1v) is 10.6. The van der Waals surface area contributed by atoms with Crippen LogP contribution in [-0.2, 0) is 23.1 Å². The summed E-state index contributed by atoms with van der Waals surface area (Å²) in [6, 6.07) is -1.49. The standard InChI is InChI=1S/C15H25N4O6P/c1-3-23-26(22,24-4-2)10-9-11(17-18-16)14(20)19-12-7-5-6-8-13(12)25-15(19)21/h11-13H,3-10H2,1-2H3/t11-,12-,13-/m1/s1. The molecule has 2 amide bonds. The van der Waals surface area contributed by atoms with Crippen molar-refractivity contribution in [2.45, 2.75) is 64.1 Å². The first-order chi connectivity index (χ1) is 12.5. The maximum Gasteiger partial charge on any atom is 0.417 e. The number of hydrogen-bond donors (Lipinski definition) is 0. The number of fused-ring (bicyclic) bond motifs is 1. The van der Waals surface area contributed by atoms with Crippen molar-refractivity contribution in [1.82, 2.24) is 4.90 Å². The molecule has 146 valence electrons. The van der Waals surface area contributed by atoms with E-state index in [1.165, 1.54) is 0 Å². The molecule has 1 heterocycles. The molecule has 2 fully saturated rings. The number of carbonyl (C=O) groups excluding carboxylic acids is 2. The summed E-state index contributed by atoms with van der Waals surface area (Å²) in [7, 11) is -3.38. The highest BCUT2D eigenvalue weighted by molar-refractivity contribution is 7.53. The van der Waals surface area contributed by atoms with Gasteiger partial charge in [-0.1, -0.05) is 11.5 Å². The van der Waals surface area contributed by atoms with E-state index >= 15 is 0 Å². The molecule has 0 unspecified atom stereocenters. The molecule has 0 radical (unpaired) electrons. The predicted molar refractivity (Wildman–Crippen MR) is 92.6 cm³/mol. The van der Waals surface area contributed by atoms with Crippen LogP contribution in [0.15, 0.2) is 5.11 Å². The summed E-state index contributed by atoms with van der Waals surface area (Å²) in [6.07, 6.45) is 2.10. The van der Waals surface area contributed by atoms with Gasteiger partial charge in [0, 0.05) is 4.91 Å². The number of imide groups is 1. The molecular weight excluding hydrogens is 363 g/mol. The molecule has 3 atom stereocenters. The van der Waals surface area contributed by atoms with Crippen molar-refractivity contribution in [3.05, 3.63) is 10.4 Å². The van der Waals surface area contributed by atoms with Crippen molar-refractivity contribution < 1.29 is 27.9 Å². The van der Waals surface area contributed by atoms with E-state index in [0.717, 1.165) is 24.2 Å². The van der Waals surface area contributed by atoms with Gasteiger partial charge in [0.25, 0.3) is 0 Å². The third-order valence-electron chi connectivity index (χ3n) is 4.49. The molecule has 0 N–H and O–H groups in total. The second-order valence-electron chi connectivity index (χ2n) is 6.16. The SMILES string of the molecule is CCOP(=O)(CC[C@@H](N=[N+]=[N-])C(=O)N1C(=O)O[C@@H]2CCCC[C@H]21)OCC. The van der Waals surface area contributed by atoms with Crippen LogP contribution in [-0.4, -0.2) is 54.5 Å². The van der Waals surface area contributed by atoms with Crippen molar-refractivity contribution in [3.63, 3.8) is 0 Å². The minimum Gasteiger partial charge on any atom is -0.444 e. The summed E-state index contributed by atoms with van der Waals surface area (Å²) in [4.78, 5) is 28.7. The van der Waals surface area contributed by atoms with Gasteiger partial charge in [0.05, 0.1) is 25.4 Å². The first kappa shape index (κ1) is 20.7. The van der Waals surface area contributed by atoms with Crippen molar-refractivity contribution >= 4 is 19.6 Å². The Morgan fingerprint density at radius 1 is 1.38 bits per heavy atom. The molecule has 1 aliphatic heterocycles. The summed E-state index contributed by atoms with van der Waals surface area (Å²) in [5.41, 5.74) is 8.80. The molecule has 2 aliphatic rings. The quantitative estimate of drug-likeness (QED) is 0.257. The molecule has 1 saturated carbocycles. The van der Waals surface area contributed by atoms with Gasteiger partial charge in [-0.15, -0.1) is 0 Å².